The van der Waals surface area contributed by atoms with E-state index in [9.17, 15) is 13.2 Å². The molecule has 0 fully saturated rings. The summed E-state index contributed by atoms with van der Waals surface area (Å²) >= 11 is 5.16. The molecule has 0 aliphatic heterocycles. The van der Waals surface area contributed by atoms with E-state index in [1.807, 2.05) is 0 Å². The van der Waals surface area contributed by atoms with E-state index in [0.29, 0.717) is 6.07 Å². The molecule has 1 N–H and O–H groups in total. The maximum atomic E-state index is 11.9. The van der Waals surface area contributed by atoms with Crippen molar-refractivity contribution >= 4 is 11.6 Å². The number of aromatic hydroxyl groups is 1. The number of rotatable bonds is 0. The third-order valence-corrected chi connectivity index (χ3v) is 1.40. The second kappa shape index (κ2) is 2.82. The number of hydrogen-bond donors (Lipinski definition) is 1. The van der Waals surface area contributed by atoms with Crippen LogP contribution < -0.4 is 0 Å². The van der Waals surface area contributed by atoms with Gasteiger partial charge in [0.1, 0.15) is 5.69 Å². The van der Waals surface area contributed by atoms with E-state index >= 15 is 0 Å². The Hall–Kier alpha value is -0.970. The zero-order chi connectivity index (χ0) is 9.35. The summed E-state index contributed by atoms with van der Waals surface area (Å²) < 4.78 is 35.7. The van der Waals surface area contributed by atoms with E-state index < -0.39 is 22.8 Å². The number of aromatic nitrogens is 1. The van der Waals surface area contributed by atoms with Gasteiger partial charge in [-0.25, -0.2) is 4.98 Å². The molecule has 0 aliphatic rings. The summed E-state index contributed by atoms with van der Waals surface area (Å²) in [5.41, 5.74) is -1.12. The average Bonchev–Trinajstić information content (AvgIpc) is 1.92. The van der Waals surface area contributed by atoms with E-state index in [1.54, 1.807) is 0 Å². The molecule has 2 nitrogen and oxygen atoms in total. The van der Waals surface area contributed by atoms with Gasteiger partial charge in [-0.2, -0.15) is 13.2 Å². The van der Waals surface area contributed by atoms with E-state index in [1.165, 1.54) is 0 Å². The Morgan fingerprint density at radius 3 is 2.33 bits per heavy atom. The number of pyridine rings is 1. The van der Waals surface area contributed by atoms with Gasteiger partial charge in [-0.1, -0.05) is 11.6 Å². The first kappa shape index (κ1) is 9.12. The van der Waals surface area contributed by atoms with Crippen LogP contribution in [0.15, 0.2) is 12.1 Å². The normalized spacial score (nSPS) is 11.7. The molecule has 0 amide bonds. The minimum atomic E-state index is -4.53. The van der Waals surface area contributed by atoms with E-state index in [4.69, 9.17) is 16.7 Å². The summed E-state index contributed by atoms with van der Waals surface area (Å²) in [6, 6.07) is 1.50. The monoisotopic (exact) mass is 197 g/mol. The molecule has 1 aromatic heterocycles. The molecular formula is C6H3ClF3NO. The van der Waals surface area contributed by atoms with Crippen LogP contribution in [-0.4, -0.2) is 10.1 Å². The number of alkyl halides is 3. The summed E-state index contributed by atoms with van der Waals surface area (Å²) in [6.07, 6.45) is -4.53. The number of halogens is 4. The summed E-state index contributed by atoms with van der Waals surface area (Å²) in [5.74, 6) is -0.468. The molecule has 6 heteroatoms. The molecule has 12 heavy (non-hydrogen) atoms. The first-order valence-electron chi connectivity index (χ1n) is 2.84. The van der Waals surface area contributed by atoms with Gasteiger partial charge in [-0.3, -0.25) is 0 Å². The third-order valence-electron chi connectivity index (χ3n) is 1.12. The van der Waals surface area contributed by atoms with Gasteiger partial charge in [0.15, 0.2) is 10.9 Å². The first-order valence-corrected chi connectivity index (χ1v) is 3.22. The summed E-state index contributed by atoms with van der Waals surface area (Å²) in [5, 5.41) is 8.20. The molecule has 0 aliphatic carbocycles. The second-order valence-corrected chi connectivity index (χ2v) is 2.36. The van der Waals surface area contributed by atoms with Crippen molar-refractivity contribution < 1.29 is 18.3 Å². The van der Waals surface area contributed by atoms with Gasteiger partial charge < -0.3 is 5.11 Å². The Balaban J connectivity index is 3.14. The lowest BCUT2D eigenvalue weighted by atomic mass is 10.3. The van der Waals surface area contributed by atoms with Crippen LogP contribution in [0.4, 0.5) is 13.2 Å². The lowest BCUT2D eigenvalue weighted by molar-refractivity contribution is -0.141. The molecule has 1 rings (SSSR count). The Labute approximate surface area is 70.6 Å². The van der Waals surface area contributed by atoms with E-state index in [-0.39, 0.29) is 0 Å². The number of nitrogens with zero attached hydrogens (tertiary/aromatic N) is 1. The molecule has 0 spiro atoms. The summed E-state index contributed by atoms with van der Waals surface area (Å²) in [4.78, 5) is 2.93. The molecular weight excluding hydrogens is 195 g/mol. The van der Waals surface area contributed by atoms with Crippen molar-refractivity contribution in [3.8, 4) is 5.75 Å². The smallest absolute Gasteiger partial charge is 0.433 e. The van der Waals surface area contributed by atoms with Crippen molar-refractivity contribution in [1.29, 1.82) is 0 Å². The highest BCUT2D eigenvalue weighted by molar-refractivity contribution is 6.30. The van der Waals surface area contributed by atoms with Crippen LogP contribution in [0, 0.1) is 0 Å². The van der Waals surface area contributed by atoms with Gasteiger partial charge in [0.25, 0.3) is 0 Å². The molecule has 1 heterocycles. The fourth-order valence-electron chi connectivity index (χ4n) is 0.585. The first-order chi connectivity index (χ1) is 5.41. The Bertz CT molecular complexity index is 299. The van der Waals surface area contributed by atoms with Gasteiger partial charge in [0, 0.05) is 0 Å². The second-order valence-electron chi connectivity index (χ2n) is 2.00. The standard InChI is InChI=1S/C6H3ClF3NO/c7-5-3(12)1-2-4(11-5)6(8,9)10/h1-2,12H. The van der Waals surface area contributed by atoms with Crippen molar-refractivity contribution in [1.82, 2.24) is 4.98 Å². The zero-order valence-corrected chi connectivity index (χ0v) is 6.32. The van der Waals surface area contributed by atoms with Crippen LogP contribution >= 0.6 is 11.6 Å². The van der Waals surface area contributed by atoms with Crippen molar-refractivity contribution in [3.05, 3.63) is 23.0 Å². The Morgan fingerprint density at radius 1 is 1.33 bits per heavy atom. The molecule has 0 saturated heterocycles. The Morgan fingerprint density at radius 2 is 1.92 bits per heavy atom. The topological polar surface area (TPSA) is 33.1 Å². The van der Waals surface area contributed by atoms with Crippen molar-refractivity contribution in [2.75, 3.05) is 0 Å². The minimum Gasteiger partial charge on any atom is -0.505 e. The SMILES string of the molecule is Oc1ccc(C(F)(F)F)nc1Cl. The van der Waals surface area contributed by atoms with Gasteiger partial charge in [-0.15, -0.1) is 0 Å². The quantitative estimate of drug-likeness (QED) is 0.648. The zero-order valence-electron chi connectivity index (χ0n) is 5.56. The summed E-state index contributed by atoms with van der Waals surface area (Å²) in [6.45, 7) is 0. The third kappa shape index (κ3) is 1.79. The molecule has 1 aromatic rings. The van der Waals surface area contributed by atoms with Crippen LogP contribution in [0.5, 0.6) is 5.75 Å². The van der Waals surface area contributed by atoms with E-state index in [0.717, 1.165) is 6.07 Å². The van der Waals surface area contributed by atoms with Crippen LogP contribution in [0.1, 0.15) is 5.69 Å². The molecule has 0 unspecified atom stereocenters. The maximum absolute atomic E-state index is 11.9. The molecule has 66 valence electrons. The maximum Gasteiger partial charge on any atom is 0.433 e. The predicted octanol–water partition coefficient (Wildman–Crippen LogP) is 2.46. The average molecular weight is 198 g/mol. The van der Waals surface area contributed by atoms with Crippen molar-refractivity contribution in [2.24, 2.45) is 0 Å². The molecule has 0 saturated carbocycles. The Kier molecular flexibility index (Phi) is 2.14. The van der Waals surface area contributed by atoms with Gasteiger partial charge in [-0.05, 0) is 12.1 Å². The summed E-state index contributed by atoms with van der Waals surface area (Å²) in [7, 11) is 0. The number of hydrogen-bond acceptors (Lipinski definition) is 2. The highest BCUT2D eigenvalue weighted by Gasteiger charge is 2.32. The van der Waals surface area contributed by atoms with Crippen LogP contribution in [0.25, 0.3) is 0 Å². The van der Waals surface area contributed by atoms with E-state index in [2.05, 4.69) is 4.98 Å². The fraction of sp³-hybridized carbons (Fsp3) is 0.167. The highest BCUT2D eigenvalue weighted by atomic mass is 35.5. The lowest BCUT2D eigenvalue weighted by Crippen LogP contribution is -2.07. The van der Waals surface area contributed by atoms with Crippen molar-refractivity contribution in [2.45, 2.75) is 6.18 Å². The van der Waals surface area contributed by atoms with Gasteiger partial charge in [0.05, 0.1) is 0 Å². The largest absolute Gasteiger partial charge is 0.505 e. The fourth-order valence-corrected chi connectivity index (χ4v) is 0.739. The van der Waals surface area contributed by atoms with Crippen molar-refractivity contribution in [3.63, 3.8) is 0 Å². The van der Waals surface area contributed by atoms with Gasteiger partial charge in [0.2, 0.25) is 0 Å². The van der Waals surface area contributed by atoms with Crippen LogP contribution in [0.3, 0.4) is 0 Å². The molecule has 0 atom stereocenters. The van der Waals surface area contributed by atoms with Crippen LogP contribution in [0.2, 0.25) is 5.15 Å². The van der Waals surface area contributed by atoms with Gasteiger partial charge >= 0.3 is 6.18 Å². The highest BCUT2D eigenvalue weighted by Crippen LogP contribution is 2.30. The molecule has 0 aromatic carbocycles. The molecule has 0 radical (unpaired) electrons. The molecule has 0 bridgehead atoms. The predicted molar refractivity (Wildman–Crippen MR) is 35.9 cm³/mol. The lowest BCUT2D eigenvalue weighted by Gasteiger charge is -2.05. The van der Waals surface area contributed by atoms with Crippen LogP contribution in [-0.2, 0) is 6.18 Å². The minimum absolute atomic E-state index is 0.468.